The molecule has 94 valence electrons. The zero-order valence-electron chi connectivity index (χ0n) is 8.88. The van der Waals surface area contributed by atoms with Crippen LogP contribution in [0, 0.1) is 5.82 Å². The zero-order chi connectivity index (χ0) is 13.1. The Bertz CT molecular complexity index is 570. The number of carboxylic acid groups (broad SMARTS) is 1. The molecule has 0 amide bonds. The van der Waals surface area contributed by atoms with Crippen LogP contribution in [-0.4, -0.2) is 31.6 Å². The van der Waals surface area contributed by atoms with Gasteiger partial charge in [-0.25, -0.2) is 4.39 Å². The Labute approximate surface area is 111 Å². The maximum atomic E-state index is 13.7. The Morgan fingerprint density at radius 1 is 1.56 bits per heavy atom. The Morgan fingerprint density at radius 2 is 2.33 bits per heavy atom. The van der Waals surface area contributed by atoms with Crippen LogP contribution < -0.4 is 0 Å². The van der Waals surface area contributed by atoms with E-state index in [1.807, 2.05) is 0 Å². The number of para-hydroxylation sites is 1. The highest BCUT2D eigenvalue weighted by molar-refractivity contribution is 7.99. The Hall–Kier alpha value is -1.60. The van der Waals surface area contributed by atoms with Gasteiger partial charge in [-0.3, -0.25) is 9.36 Å². The minimum Gasteiger partial charge on any atom is -0.481 e. The predicted molar refractivity (Wildman–Crippen MR) is 64.7 cm³/mol. The van der Waals surface area contributed by atoms with E-state index in [9.17, 15) is 9.18 Å². The topological polar surface area (TPSA) is 68.0 Å². The first kappa shape index (κ1) is 12.8. The molecule has 0 atom stereocenters. The van der Waals surface area contributed by atoms with Crippen molar-refractivity contribution in [2.24, 2.45) is 0 Å². The summed E-state index contributed by atoms with van der Waals surface area (Å²) in [6.07, 6.45) is 1.29. The molecule has 0 saturated heterocycles. The molecule has 2 aromatic rings. The summed E-state index contributed by atoms with van der Waals surface area (Å²) in [6.45, 7) is 0. The van der Waals surface area contributed by atoms with E-state index in [1.165, 1.54) is 29.1 Å². The number of thioether (sulfide) groups is 1. The van der Waals surface area contributed by atoms with E-state index < -0.39 is 11.8 Å². The average Bonchev–Trinajstić information content (AvgIpc) is 2.74. The van der Waals surface area contributed by atoms with E-state index in [0.29, 0.717) is 0 Å². The number of carbonyl (C=O) groups is 1. The second-order valence-corrected chi connectivity index (χ2v) is 4.59. The van der Waals surface area contributed by atoms with Gasteiger partial charge in [0.15, 0.2) is 5.16 Å². The van der Waals surface area contributed by atoms with Crippen molar-refractivity contribution in [1.82, 2.24) is 14.8 Å². The van der Waals surface area contributed by atoms with Crippen LogP contribution >= 0.6 is 23.4 Å². The number of aliphatic carboxylic acids is 1. The highest BCUT2D eigenvalue weighted by Gasteiger charge is 2.15. The summed E-state index contributed by atoms with van der Waals surface area (Å²) in [5, 5.41) is 16.4. The third-order valence-electron chi connectivity index (χ3n) is 2.02. The number of rotatable bonds is 4. The van der Waals surface area contributed by atoms with Crippen LogP contribution in [0.1, 0.15) is 0 Å². The molecule has 1 N–H and O–H groups in total. The second-order valence-electron chi connectivity index (χ2n) is 3.24. The van der Waals surface area contributed by atoms with Gasteiger partial charge >= 0.3 is 5.97 Å². The zero-order valence-corrected chi connectivity index (χ0v) is 10.5. The fourth-order valence-corrected chi connectivity index (χ4v) is 2.21. The van der Waals surface area contributed by atoms with Gasteiger partial charge in [0.25, 0.3) is 0 Å². The molecule has 1 aromatic carbocycles. The van der Waals surface area contributed by atoms with Gasteiger partial charge < -0.3 is 5.11 Å². The number of halogens is 2. The van der Waals surface area contributed by atoms with Gasteiger partial charge in [-0.05, 0) is 12.1 Å². The van der Waals surface area contributed by atoms with Crippen LogP contribution in [0.25, 0.3) is 5.69 Å². The molecule has 2 rings (SSSR count). The first-order valence-electron chi connectivity index (χ1n) is 4.78. The van der Waals surface area contributed by atoms with Crippen LogP contribution in [0.2, 0.25) is 5.02 Å². The Balaban J connectivity index is 2.39. The lowest BCUT2D eigenvalue weighted by Gasteiger charge is -2.08. The molecule has 0 aliphatic rings. The summed E-state index contributed by atoms with van der Waals surface area (Å²) in [5.41, 5.74) is 0.108. The highest BCUT2D eigenvalue weighted by Crippen LogP contribution is 2.27. The van der Waals surface area contributed by atoms with Gasteiger partial charge in [-0.1, -0.05) is 29.4 Å². The van der Waals surface area contributed by atoms with E-state index in [1.54, 1.807) is 0 Å². The number of nitrogens with zero attached hydrogens (tertiary/aromatic N) is 3. The summed E-state index contributed by atoms with van der Waals surface area (Å²) >= 11 is 6.85. The van der Waals surface area contributed by atoms with Crippen molar-refractivity contribution >= 4 is 29.3 Å². The van der Waals surface area contributed by atoms with Gasteiger partial charge in [0.05, 0.1) is 10.8 Å². The van der Waals surface area contributed by atoms with Crippen molar-refractivity contribution in [2.45, 2.75) is 5.16 Å². The highest BCUT2D eigenvalue weighted by atomic mass is 35.5. The fraction of sp³-hybridized carbons (Fsp3) is 0.100. The van der Waals surface area contributed by atoms with Crippen LogP contribution in [0.3, 0.4) is 0 Å². The minimum absolute atomic E-state index is 0.108. The number of benzene rings is 1. The smallest absolute Gasteiger partial charge is 0.313 e. The van der Waals surface area contributed by atoms with Crippen LogP contribution in [-0.2, 0) is 4.79 Å². The molecular weight excluding hydrogens is 281 g/mol. The number of aromatic nitrogens is 3. The summed E-state index contributed by atoms with van der Waals surface area (Å²) in [4.78, 5) is 10.5. The fourth-order valence-electron chi connectivity index (χ4n) is 1.32. The van der Waals surface area contributed by atoms with Crippen LogP contribution in [0.15, 0.2) is 29.7 Å². The lowest BCUT2D eigenvalue weighted by molar-refractivity contribution is -0.133. The standard InChI is InChI=1S/C10H7ClFN3O2S/c11-6-2-1-3-7(12)9(6)15-5-13-14-10(15)18-4-8(16)17/h1-3,5H,4H2,(H,16,17). The van der Waals surface area contributed by atoms with E-state index in [-0.39, 0.29) is 21.6 Å². The molecule has 0 unspecified atom stereocenters. The molecule has 0 spiro atoms. The van der Waals surface area contributed by atoms with Gasteiger partial charge in [-0.15, -0.1) is 10.2 Å². The molecule has 8 heteroatoms. The van der Waals surface area contributed by atoms with Crippen molar-refractivity contribution in [1.29, 1.82) is 0 Å². The normalized spacial score (nSPS) is 10.6. The second kappa shape index (κ2) is 5.36. The maximum absolute atomic E-state index is 13.7. The molecule has 0 aliphatic heterocycles. The SMILES string of the molecule is O=C(O)CSc1nncn1-c1c(F)cccc1Cl. The number of hydrogen-bond donors (Lipinski definition) is 1. The average molecular weight is 288 g/mol. The molecule has 0 bridgehead atoms. The van der Waals surface area contributed by atoms with Gasteiger partial charge in [0, 0.05) is 0 Å². The third kappa shape index (κ3) is 2.62. The molecular formula is C10H7ClFN3O2S. The Morgan fingerprint density at radius 3 is 3.00 bits per heavy atom. The first-order chi connectivity index (χ1) is 8.59. The molecule has 5 nitrogen and oxygen atoms in total. The molecule has 18 heavy (non-hydrogen) atoms. The van der Waals surface area contributed by atoms with E-state index >= 15 is 0 Å². The van der Waals surface area contributed by atoms with Crippen molar-refractivity contribution in [2.75, 3.05) is 5.75 Å². The predicted octanol–water partition coefficient (Wildman–Crippen LogP) is 2.24. The first-order valence-corrected chi connectivity index (χ1v) is 6.15. The van der Waals surface area contributed by atoms with Crippen molar-refractivity contribution in [3.63, 3.8) is 0 Å². The summed E-state index contributed by atoms with van der Waals surface area (Å²) in [5.74, 6) is -1.71. The monoisotopic (exact) mass is 287 g/mol. The summed E-state index contributed by atoms with van der Waals surface area (Å²) < 4.78 is 15.0. The Kier molecular flexibility index (Phi) is 3.83. The molecule has 0 fully saturated rings. The van der Waals surface area contributed by atoms with Crippen molar-refractivity contribution < 1.29 is 14.3 Å². The molecule has 1 aromatic heterocycles. The summed E-state index contributed by atoms with van der Waals surface area (Å²) in [7, 11) is 0. The van der Waals surface area contributed by atoms with Crippen molar-refractivity contribution in [3.8, 4) is 5.69 Å². The van der Waals surface area contributed by atoms with Gasteiger partial charge in [-0.2, -0.15) is 0 Å². The molecule has 0 saturated carbocycles. The number of carboxylic acids is 1. The molecule has 0 aliphatic carbocycles. The lowest BCUT2D eigenvalue weighted by atomic mass is 10.3. The van der Waals surface area contributed by atoms with Crippen LogP contribution in [0.4, 0.5) is 4.39 Å². The molecule has 1 heterocycles. The van der Waals surface area contributed by atoms with Gasteiger partial charge in [0.2, 0.25) is 0 Å². The summed E-state index contributed by atoms with van der Waals surface area (Å²) in [6, 6.07) is 4.27. The van der Waals surface area contributed by atoms with E-state index in [2.05, 4.69) is 10.2 Å². The number of hydrogen-bond acceptors (Lipinski definition) is 4. The third-order valence-corrected chi connectivity index (χ3v) is 3.25. The van der Waals surface area contributed by atoms with Crippen molar-refractivity contribution in [3.05, 3.63) is 35.4 Å². The van der Waals surface area contributed by atoms with E-state index in [4.69, 9.17) is 16.7 Å². The van der Waals surface area contributed by atoms with Crippen LogP contribution in [0.5, 0.6) is 0 Å². The lowest BCUT2D eigenvalue weighted by Crippen LogP contribution is -2.03. The quantitative estimate of drug-likeness (QED) is 0.874. The maximum Gasteiger partial charge on any atom is 0.313 e. The minimum atomic E-state index is -0.991. The van der Waals surface area contributed by atoms with Gasteiger partial charge in [0.1, 0.15) is 17.8 Å². The van der Waals surface area contributed by atoms with E-state index in [0.717, 1.165) is 11.8 Å². The molecule has 0 radical (unpaired) electrons. The largest absolute Gasteiger partial charge is 0.481 e.